The van der Waals surface area contributed by atoms with E-state index < -0.39 is 185 Å². The third-order valence-electron chi connectivity index (χ3n) is 11.3. The van der Waals surface area contributed by atoms with Crippen molar-refractivity contribution in [3.63, 3.8) is 0 Å². The van der Waals surface area contributed by atoms with Crippen molar-refractivity contribution in [2.75, 3.05) is 85.0 Å². The molecule has 0 aliphatic carbocycles. The second kappa shape index (κ2) is 36.2. The molecule has 0 radical (unpaired) electrons. The maximum atomic E-state index is 13.0. The van der Waals surface area contributed by atoms with E-state index in [1.165, 1.54) is 24.0 Å². The highest BCUT2D eigenvalue weighted by Gasteiger charge is 2.44. The van der Waals surface area contributed by atoms with Gasteiger partial charge in [0.05, 0.1) is 91.7 Å². The number of aliphatic hydroxyl groups is 1. The summed E-state index contributed by atoms with van der Waals surface area (Å²) in [6.07, 6.45) is -5.55. The molecule has 2 saturated heterocycles. The number of phosphoric ester groups is 6. The Labute approximate surface area is 513 Å². The van der Waals surface area contributed by atoms with Crippen LogP contribution in [0.1, 0.15) is 97.6 Å². The Hall–Kier alpha value is -2.06. The molecule has 5 heterocycles. The minimum absolute atomic E-state index is 0.0422. The smallest absolute Gasteiger partial charge is 0.390 e. The average molecular weight is 1440 g/mol. The zero-order valence-corrected chi connectivity index (χ0v) is 56.1. The summed E-state index contributed by atoms with van der Waals surface area (Å²) in [4.78, 5) is 119. The van der Waals surface area contributed by atoms with E-state index in [1.54, 1.807) is 13.8 Å². The van der Waals surface area contributed by atoms with Crippen LogP contribution in [0, 0.1) is 12.8 Å². The molecule has 12 N–H and O–H groups in total. The van der Waals surface area contributed by atoms with Crippen LogP contribution in [-0.2, 0) is 107 Å². The first-order valence-electron chi connectivity index (χ1n) is 27.1. The maximum Gasteiger partial charge on any atom is 0.472 e. The van der Waals surface area contributed by atoms with Crippen molar-refractivity contribution in [1.29, 1.82) is 0 Å². The van der Waals surface area contributed by atoms with Crippen LogP contribution in [-0.4, -0.2) is 178 Å². The number of nitrogens with zero attached hydrogens (tertiary/aromatic N) is 4. The van der Waals surface area contributed by atoms with Crippen molar-refractivity contribution < 1.29 is 135 Å². The molecule has 3 aromatic heterocycles. The lowest BCUT2D eigenvalue weighted by molar-refractivity contribution is -0.0466. The molecule has 47 heteroatoms. The molecule has 8 unspecified atom stereocenters. The first-order chi connectivity index (χ1) is 41.3. The van der Waals surface area contributed by atoms with Crippen LogP contribution >= 0.6 is 53.4 Å². The van der Waals surface area contributed by atoms with Crippen molar-refractivity contribution in [2.24, 2.45) is 5.92 Å². The lowest BCUT2D eigenvalue weighted by Crippen LogP contribution is -2.33. The monoisotopic (exact) mass is 1440 g/mol. The summed E-state index contributed by atoms with van der Waals surface area (Å²) in [6, 6.07) is 0. The Morgan fingerprint density at radius 1 is 0.584 bits per heavy atom. The van der Waals surface area contributed by atoms with Gasteiger partial charge in [-0.15, -0.1) is 0 Å². The third kappa shape index (κ3) is 29.2. The van der Waals surface area contributed by atoms with Crippen LogP contribution in [0.25, 0.3) is 11.2 Å². The highest BCUT2D eigenvalue weighted by Crippen LogP contribution is 2.53. The molecule has 514 valence electrons. The summed E-state index contributed by atoms with van der Waals surface area (Å²) in [7, 11) is -28.4. The van der Waals surface area contributed by atoms with Crippen molar-refractivity contribution in [1.82, 2.24) is 29.1 Å². The quantitative estimate of drug-likeness (QED) is 0.0282. The van der Waals surface area contributed by atoms with Gasteiger partial charge in [0.15, 0.2) is 17.7 Å². The Bertz CT molecular complexity index is 3260. The molecule has 0 amide bonds. The van der Waals surface area contributed by atoms with Gasteiger partial charge < -0.3 is 59.1 Å². The summed E-state index contributed by atoms with van der Waals surface area (Å²) < 4.78 is 152. The number of aryl methyl sites for hydroxylation is 1. The number of ether oxygens (including phenoxy) is 2. The predicted octanol–water partition coefficient (Wildman–Crippen LogP) is 4.01. The molecule has 2 aliphatic rings. The normalized spacial score (nSPS) is 23.6. The number of aromatic amines is 2. The number of nitrogen functional groups attached to an aromatic ring is 1. The van der Waals surface area contributed by atoms with Crippen LogP contribution < -0.4 is 22.5 Å². The van der Waals surface area contributed by atoms with Crippen LogP contribution in [0.2, 0.25) is 0 Å². The van der Waals surface area contributed by atoms with Gasteiger partial charge >= 0.3 is 52.6 Å². The van der Waals surface area contributed by atoms with Crippen LogP contribution in [0.5, 0.6) is 0 Å². The van der Waals surface area contributed by atoms with Crippen molar-refractivity contribution >= 4 is 82.3 Å². The number of nitrogens with two attached hydrogens (primary N) is 1. The summed E-state index contributed by atoms with van der Waals surface area (Å²) >= 11 is 5.19. The average Bonchev–Trinajstić information content (AvgIpc) is 1.68. The number of H-pyrrole nitrogens is 2. The number of imidazole rings is 1. The molecular weight excluding hydrogens is 1360 g/mol. The lowest BCUT2D eigenvalue weighted by Gasteiger charge is -2.25. The largest absolute Gasteiger partial charge is 0.472 e. The summed E-state index contributed by atoms with van der Waals surface area (Å²) in [5, 5.41) is 10.3. The standard InChI is InChI=1S/C38H68N7O32P7S.C4H10/c1-25(2)78(50,85)73-23-30-28(20-32(76-30)45-24-40-33-34(45)41-37(39)42-36(33)48)77-84(61,62)72-18-8-16-70-82(57,58)68-14-6-12-66-80(53,54)64-10-4-9-63-79(51,52)65-11-5-13-67-81(55,56)69-15-7-17-71-83(59,60)74-22-29-27(46)19-31(75-29)44-21-26(3)35(47)43-38(44)49;1-4(2)3/h21,24-25,27-32,46H,4-20,22-23H2,1-3H3,(H,50,85)(H,51,52)(H,53,54)(H,55,56)(H,57,58)(H,59,60)(H,61,62)(H,43,47,49)(H3,39,41,42,48);4H,1-3H3/t27?,28-,29+,30-,31+,32-,78?;/m1./s1. The van der Waals surface area contributed by atoms with Gasteiger partial charge in [0.2, 0.25) is 5.95 Å². The van der Waals surface area contributed by atoms with Gasteiger partial charge in [-0.25, -0.2) is 37.2 Å². The third-order valence-corrected chi connectivity index (χ3v) is 20.8. The fourth-order valence-electron chi connectivity index (χ4n) is 7.10. The molecular formula is C42H78N7O32P7S. The number of aliphatic hydroxyl groups excluding tert-OH is 1. The second-order valence-corrected chi connectivity index (χ2v) is 32.8. The van der Waals surface area contributed by atoms with Gasteiger partial charge in [0.25, 0.3) is 11.1 Å². The maximum absolute atomic E-state index is 13.0. The molecule has 39 nitrogen and oxygen atoms in total. The topological polar surface area (TPSA) is 547 Å². The minimum Gasteiger partial charge on any atom is -0.390 e. The number of aromatic nitrogens is 6. The minimum atomic E-state index is -4.89. The number of hydrogen-bond acceptors (Lipinski definition) is 29. The Kier molecular flexibility index (Phi) is 32.3. The highest BCUT2D eigenvalue weighted by atomic mass is 32.5. The Balaban J connectivity index is 0.00000410. The van der Waals surface area contributed by atoms with Crippen molar-refractivity contribution in [3.05, 3.63) is 49.3 Å². The molecule has 0 aromatic carbocycles. The van der Waals surface area contributed by atoms with E-state index in [1.807, 2.05) is 0 Å². The number of anilines is 1. The molecule has 2 aliphatic heterocycles. The van der Waals surface area contributed by atoms with Gasteiger partial charge in [-0.1, -0.05) is 34.6 Å². The van der Waals surface area contributed by atoms with Crippen molar-refractivity contribution in [3.8, 4) is 0 Å². The SMILES string of the molecule is CC(C)C.Cc1cn([C@@H]2CC(O)[C@H](COP(=O)(O)OCCCOP(=O)(O)OCCCOP(=O)(O)OCCCOP(=O)(O)OCCCOP(=O)(O)OCCCOP(=O)(O)O[C@@H]3C[C@H](n4cnc5c(=O)[nH]c(N)nc54)O[C@@H]3COP(O)(=S)C(C)C)O2)c(=O)[nH]c1=O. The summed E-state index contributed by atoms with van der Waals surface area (Å²) in [5.41, 5.74) is 3.42. The Morgan fingerprint density at radius 2 is 0.966 bits per heavy atom. The van der Waals surface area contributed by atoms with Crippen molar-refractivity contribution in [2.45, 2.75) is 129 Å². The summed E-state index contributed by atoms with van der Waals surface area (Å²) in [5.74, 6) is 0.623. The molecule has 13 atom stereocenters. The summed E-state index contributed by atoms with van der Waals surface area (Å²) in [6.45, 7) is 1.74. The molecule has 2 fully saturated rings. The lowest BCUT2D eigenvalue weighted by atomic mass is 10.2. The Morgan fingerprint density at radius 3 is 1.39 bits per heavy atom. The number of hydrogen-bond donors (Lipinski definition) is 11. The zero-order chi connectivity index (χ0) is 66.6. The number of nitrogens with one attached hydrogen (secondary N) is 2. The van der Waals surface area contributed by atoms with Gasteiger partial charge in [0, 0.05) is 30.3 Å². The van der Waals surface area contributed by atoms with Crippen LogP contribution in [0.3, 0.4) is 0 Å². The van der Waals surface area contributed by atoms with Gasteiger partial charge in [-0.2, -0.15) is 4.98 Å². The van der Waals surface area contributed by atoms with E-state index in [9.17, 15) is 81.1 Å². The number of rotatable bonds is 41. The zero-order valence-electron chi connectivity index (χ0n) is 49.0. The fraction of sp³-hybridized carbons (Fsp3) is 0.786. The van der Waals surface area contributed by atoms with E-state index in [-0.39, 0.29) is 74.2 Å². The van der Waals surface area contributed by atoms with Crippen LogP contribution in [0.15, 0.2) is 26.9 Å². The van der Waals surface area contributed by atoms with E-state index in [0.717, 1.165) is 10.5 Å². The predicted molar refractivity (Wildman–Crippen MR) is 312 cm³/mol. The number of fused-ring (bicyclic) bond motifs is 1. The molecule has 0 bridgehead atoms. The van der Waals surface area contributed by atoms with E-state index in [2.05, 4.69) is 40.7 Å². The van der Waals surface area contributed by atoms with E-state index in [0.29, 0.717) is 0 Å². The second-order valence-electron chi connectivity index (χ2n) is 20.1. The molecule has 89 heavy (non-hydrogen) atoms. The van der Waals surface area contributed by atoms with E-state index >= 15 is 0 Å². The highest BCUT2D eigenvalue weighted by molar-refractivity contribution is 8.09. The van der Waals surface area contributed by atoms with Gasteiger partial charge in [-0.3, -0.25) is 83.0 Å². The molecule has 3 aromatic rings. The molecule has 0 saturated carbocycles. The van der Waals surface area contributed by atoms with Crippen LogP contribution in [0.4, 0.5) is 5.95 Å². The van der Waals surface area contributed by atoms with Gasteiger partial charge in [-0.05, 0) is 56.8 Å². The number of phosphoric acid groups is 6. The van der Waals surface area contributed by atoms with Gasteiger partial charge in [0.1, 0.15) is 30.8 Å². The molecule has 0 spiro atoms. The first-order valence-corrected chi connectivity index (χ1v) is 38.8. The first kappa shape index (κ1) is 79.4. The van der Waals surface area contributed by atoms with E-state index in [4.69, 9.17) is 85.8 Å². The fourth-order valence-corrected chi connectivity index (χ4v) is 12.9. The molecule has 5 rings (SSSR count).